The molecule has 4 rings (SSSR count). The van der Waals surface area contributed by atoms with Gasteiger partial charge in [-0.15, -0.1) is 11.3 Å². The standard InChI is InChI=1S/C22H22ClN3O2S/c1-28-20-8-4-17(5-9-20)22(27)26-12-10-25(11-13-26)14-19-15-29-21(24-19)16-2-6-18(23)7-3-16/h2-9,15H,10-14H2,1H3. The average molecular weight is 428 g/mol. The van der Waals surface area contributed by atoms with E-state index >= 15 is 0 Å². The molecule has 0 saturated carbocycles. The van der Waals surface area contributed by atoms with E-state index in [0.717, 1.165) is 59.8 Å². The number of rotatable bonds is 5. The summed E-state index contributed by atoms with van der Waals surface area (Å²) in [4.78, 5) is 21.7. The Bertz CT molecular complexity index is 964. The zero-order chi connectivity index (χ0) is 20.2. The minimum absolute atomic E-state index is 0.0750. The molecular weight excluding hydrogens is 406 g/mol. The van der Waals surface area contributed by atoms with Crippen molar-refractivity contribution in [3.05, 3.63) is 70.2 Å². The largest absolute Gasteiger partial charge is 0.497 e. The second-order valence-electron chi connectivity index (χ2n) is 6.95. The van der Waals surface area contributed by atoms with E-state index in [9.17, 15) is 4.79 Å². The van der Waals surface area contributed by atoms with Gasteiger partial charge in [0.15, 0.2) is 0 Å². The van der Waals surface area contributed by atoms with Crippen molar-refractivity contribution in [1.82, 2.24) is 14.8 Å². The van der Waals surface area contributed by atoms with Crippen LogP contribution in [-0.2, 0) is 6.54 Å². The van der Waals surface area contributed by atoms with Crippen LogP contribution in [0.1, 0.15) is 16.1 Å². The predicted molar refractivity (Wildman–Crippen MR) is 117 cm³/mol. The van der Waals surface area contributed by atoms with Crippen molar-refractivity contribution >= 4 is 28.8 Å². The molecular formula is C22H22ClN3O2S. The Kier molecular flexibility index (Phi) is 6.13. The third kappa shape index (κ3) is 4.78. The summed E-state index contributed by atoms with van der Waals surface area (Å²) in [7, 11) is 1.62. The van der Waals surface area contributed by atoms with Crippen LogP contribution < -0.4 is 4.74 Å². The summed E-state index contributed by atoms with van der Waals surface area (Å²) in [6.45, 7) is 3.93. The molecule has 1 fully saturated rings. The molecule has 0 radical (unpaired) electrons. The number of methoxy groups -OCH3 is 1. The Morgan fingerprint density at radius 3 is 2.41 bits per heavy atom. The number of benzene rings is 2. The van der Waals surface area contributed by atoms with Gasteiger partial charge in [0.1, 0.15) is 10.8 Å². The average Bonchev–Trinajstić information content (AvgIpc) is 3.23. The molecule has 1 aliphatic heterocycles. The normalized spacial score (nSPS) is 14.8. The fraction of sp³-hybridized carbons (Fsp3) is 0.273. The number of hydrogen-bond donors (Lipinski definition) is 0. The summed E-state index contributed by atoms with van der Waals surface area (Å²) in [5.41, 5.74) is 2.85. The van der Waals surface area contributed by atoms with E-state index in [1.807, 2.05) is 53.4 Å². The Morgan fingerprint density at radius 2 is 1.76 bits per heavy atom. The quantitative estimate of drug-likeness (QED) is 0.604. The van der Waals surface area contributed by atoms with Gasteiger partial charge in [-0.25, -0.2) is 4.98 Å². The fourth-order valence-electron chi connectivity index (χ4n) is 3.36. The van der Waals surface area contributed by atoms with E-state index in [1.54, 1.807) is 18.4 Å². The number of hydrogen-bond acceptors (Lipinski definition) is 5. The molecule has 1 aromatic heterocycles. The van der Waals surface area contributed by atoms with Gasteiger partial charge in [0.25, 0.3) is 5.91 Å². The smallest absolute Gasteiger partial charge is 0.253 e. The number of halogens is 1. The molecule has 1 amide bonds. The number of ether oxygens (including phenoxy) is 1. The maximum atomic E-state index is 12.7. The fourth-order valence-corrected chi connectivity index (χ4v) is 4.30. The first kappa shape index (κ1) is 19.9. The van der Waals surface area contributed by atoms with Gasteiger partial charge in [-0.3, -0.25) is 9.69 Å². The number of amides is 1. The van der Waals surface area contributed by atoms with Crippen molar-refractivity contribution in [2.24, 2.45) is 0 Å². The van der Waals surface area contributed by atoms with Gasteiger partial charge in [-0.05, 0) is 36.4 Å². The second-order valence-corrected chi connectivity index (χ2v) is 8.24. The lowest BCUT2D eigenvalue weighted by Gasteiger charge is -2.34. The second kappa shape index (κ2) is 8.95. The number of aromatic nitrogens is 1. The maximum Gasteiger partial charge on any atom is 0.253 e. The zero-order valence-corrected chi connectivity index (χ0v) is 17.7. The molecule has 3 aromatic rings. The number of nitrogens with zero attached hydrogens (tertiary/aromatic N) is 3. The molecule has 7 heteroatoms. The van der Waals surface area contributed by atoms with Gasteiger partial charge in [0.2, 0.25) is 0 Å². The highest BCUT2D eigenvalue weighted by molar-refractivity contribution is 7.13. The summed E-state index contributed by atoms with van der Waals surface area (Å²) in [6.07, 6.45) is 0. The van der Waals surface area contributed by atoms with Crippen LogP contribution in [-0.4, -0.2) is 54.0 Å². The van der Waals surface area contributed by atoms with E-state index < -0.39 is 0 Å². The minimum atomic E-state index is 0.0750. The van der Waals surface area contributed by atoms with Crippen LogP contribution >= 0.6 is 22.9 Å². The van der Waals surface area contributed by atoms with Gasteiger partial charge in [0.05, 0.1) is 12.8 Å². The topological polar surface area (TPSA) is 45.7 Å². The zero-order valence-electron chi connectivity index (χ0n) is 16.2. The molecule has 2 aromatic carbocycles. The van der Waals surface area contributed by atoms with E-state index in [1.165, 1.54) is 0 Å². The monoisotopic (exact) mass is 427 g/mol. The van der Waals surface area contributed by atoms with Crippen LogP contribution in [0.25, 0.3) is 10.6 Å². The Morgan fingerprint density at radius 1 is 1.07 bits per heavy atom. The molecule has 150 valence electrons. The SMILES string of the molecule is COc1ccc(C(=O)N2CCN(Cc3csc(-c4ccc(Cl)cc4)n3)CC2)cc1. The van der Waals surface area contributed by atoms with Crippen LogP contribution in [0.2, 0.25) is 5.02 Å². The van der Waals surface area contributed by atoms with Crippen LogP contribution in [0, 0.1) is 0 Å². The van der Waals surface area contributed by atoms with Gasteiger partial charge < -0.3 is 9.64 Å². The van der Waals surface area contributed by atoms with E-state index in [2.05, 4.69) is 10.3 Å². The van der Waals surface area contributed by atoms with Gasteiger partial charge in [-0.1, -0.05) is 23.7 Å². The summed E-state index contributed by atoms with van der Waals surface area (Å²) in [5, 5.41) is 3.84. The number of carbonyl (C=O) groups excluding carboxylic acids is 1. The highest BCUT2D eigenvalue weighted by Gasteiger charge is 2.22. The lowest BCUT2D eigenvalue weighted by Crippen LogP contribution is -2.48. The van der Waals surface area contributed by atoms with Crippen LogP contribution in [0.3, 0.4) is 0 Å². The van der Waals surface area contributed by atoms with Crippen molar-refractivity contribution < 1.29 is 9.53 Å². The van der Waals surface area contributed by atoms with E-state index in [-0.39, 0.29) is 5.91 Å². The molecule has 0 atom stereocenters. The van der Waals surface area contributed by atoms with Crippen LogP contribution in [0.5, 0.6) is 5.75 Å². The highest BCUT2D eigenvalue weighted by Crippen LogP contribution is 2.26. The van der Waals surface area contributed by atoms with Crippen molar-refractivity contribution in [3.8, 4) is 16.3 Å². The lowest BCUT2D eigenvalue weighted by atomic mass is 10.1. The van der Waals surface area contributed by atoms with Gasteiger partial charge in [-0.2, -0.15) is 0 Å². The first-order valence-electron chi connectivity index (χ1n) is 9.48. The Hall–Kier alpha value is -2.41. The molecule has 29 heavy (non-hydrogen) atoms. The van der Waals surface area contributed by atoms with Gasteiger partial charge in [0, 0.05) is 54.3 Å². The third-order valence-corrected chi connectivity index (χ3v) is 6.22. The summed E-state index contributed by atoms with van der Waals surface area (Å²) in [5.74, 6) is 0.832. The van der Waals surface area contributed by atoms with Crippen LogP contribution in [0.15, 0.2) is 53.9 Å². The first-order valence-corrected chi connectivity index (χ1v) is 10.7. The third-order valence-electron chi connectivity index (χ3n) is 5.02. The molecule has 0 N–H and O–H groups in total. The summed E-state index contributed by atoms with van der Waals surface area (Å²) < 4.78 is 5.16. The molecule has 1 saturated heterocycles. The molecule has 0 aliphatic carbocycles. The number of carbonyl (C=O) groups is 1. The van der Waals surface area contributed by atoms with Crippen molar-refractivity contribution in [2.45, 2.75) is 6.54 Å². The molecule has 2 heterocycles. The Balaban J connectivity index is 1.32. The predicted octanol–water partition coefficient (Wildman–Crippen LogP) is 4.43. The Labute approximate surface area is 179 Å². The number of piperazine rings is 1. The van der Waals surface area contributed by atoms with Crippen LogP contribution in [0.4, 0.5) is 0 Å². The molecule has 0 spiro atoms. The van der Waals surface area contributed by atoms with Gasteiger partial charge >= 0.3 is 0 Å². The van der Waals surface area contributed by atoms with E-state index in [0.29, 0.717) is 5.56 Å². The van der Waals surface area contributed by atoms with Crippen molar-refractivity contribution in [2.75, 3.05) is 33.3 Å². The molecule has 0 bridgehead atoms. The molecule has 0 unspecified atom stereocenters. The maximum absolute atomic E-state index is 12.7. The molecule has 1 aliphatic rings. The highest BCUT2D eigenvalue weighted by atomic mass is 35.5. The van der Waals surface area contributed by atoms with Crippen molar-refractivity contribution in [3.63, 3.8) is 0 Å². The number of thiazole rings is 1. The van der Waals surface area contributed by atoms with Crippen molar-refractivity contribution in [1.29, 1.82) is 0 Å². The van der Waals surface area contributed by atoms with E-state index in [4.69, 9.17) is 21.3 Å². The minimum Gasteiger partial charge on any atom is -0.497 e. The lowest BCUT2D eigenvalue weighted by molar-refractivity contribution is 0.0627. The summed E-state index contributed by atoms with van der Waals surface area (Å²) >= 11 is 7.61. The first-order chi connectivity index (χ1) is 14.1. The summed E-state index contributed by atoms with van der Waals surface area (Å²) in [6, 6.07) is 15.0. The molecule has 5 nitrogen and oxygen atoms in total.